The number of hydrogen-bond donors (Lipinski definition) is 0. The van der Waals surface area contributed by atoms with E-state index in [9.17, 15) is 0 Å². The molecule has 0 N–H and O–H groups in total. The van der Waals surface area contributed by atoms with Crippen LogP contribution in [0, 0.1) is 0 Å². The van der Waals surface area contributed by atoms with E-state index in [1.165, 1.54) is 30.8 Å². The Bertz CT molecular complexity index is 500. The smallest absolute Gasteiger partial charge is 0.142 e. The van der Waals surface area contributed by atoms with Crippen LogP contribution >= 0.6 is 0 Å². The van der Waals surface area contributed by atoms with Crippen LogP contribution in [0.3, 0.4) is 0 Å². The number of hydrogen-bond acceptors (Lipinski definition) is 3. The van der Waals surface area contributed by atoms with Gasteiger partial charge in [-0.25, -0.2) is 0 Å². The normalized spacial score (nSPS) is 29.1. The fourth-order valence-corrected chi connectivity index (χ4v) is 4.07. The van der Waals surface area contributed by atoms with Gasteiger partial charge >= 0.3 is 0 Å². The molecule has 3 aliphatic rings. The predicted molar refractivity (Wildman–Crippen MR) is 77.1 cm³/mol. The molecule has 0 aliphatic carbocycles. The lowest BCUT2D eigenvalue weighted by Crippen LogP contribution is -2.49. The van der Waals surface area contributed by atoms with Gasteiger partial charge in [-0.15, -0.1) is 0 Å². The zero-order chi connectivity index (χ0) is 13.0. The van der Waals surface area contributed by atoms with E-state index < -0.39 is 0 Å². The average Bonchev–Trinajstić information content (AvgIpc) is 2.76. The second-order valence-electron chi connectivity index (χ2n) is 6.29. The maximum Gasteiger partial charge on any atom is 0.142 e. The van der Waals surface area contributed by atoms with Crippen LogP contribution in [0.1, 0.15) is 31.7 Å². The Hall–Kier alpha value is -1.22. The highest BCUT2D eigenvalue weighted by Crippen LogP contribution is 2.50. The fourth-order valence-electron chi connectivity index (χ4n) is 4.07. The molecule has 3 heterocycles. The van der Waals surface area contributed by atoms with E-state index in [4.69, 9.17) is 4.74 Å². The van der Waals surface area contributed by atoms with Crippen LogP contribution in [0.15, 0.2) is 18.2 Å². The molecule has 19 heavy (non-hydrogen) atoms. The van der Waals surface area contributed by atoms with E-state index in [0.29, 0.717) is 18.0 Å². The molecule has 2 atom stereocenters. The van der Waals surface area contributed by atoms with E-state index >= 15 is 0 Å². The topological polar surface area (TPSA) is 15.7 Å². The lowest BCUT2D eigenvalue weighted by Gasteiger charge is -2.41. The summed E-state index contributed by atoms with van der Waals surface area (Å²) < 4.78 is 5.84. The molecular weight excluding hydrogens is 236 g/mol. The molecule has 0 radical (unpaired) electrons. The summed E-state index contributed by atoms with van der Waals surface area (Å²) in [5.74, 6) is 1.78. The van der Waals surface area contributed by atoms with E-state index in [1.54, 1.807) is 0 Å². The Morgan fingerprint density at radius 3 is 3.00 bits per heavy atom. The van der Waals surface area contributed by atoms with Crippen molar-refractivity contribution in [3.05, 3.63) is 23.8 Å². The maximum atomic E-state index is 5.84. The predicted octanol–water partition coefficient (Wildman–Crippen LogP) is 2.47. The molecule has 3 nitrogen and oxygen atoms in total. The van der Waals surface area contributed by atoms with Gasteiger partial charge < -0.3 is 14.5 Å². The first-order valence-electron chi connectivity index (χ1n) is 7.52. The molecule has 0 amide bonds. The first-order valence-corrected chi connectivity index (χ1v) is 7.52. The van der Waals surface area contributed by atoms with Crippen molar-refractivity contribution >= 4 is 5.69 Å². The summed E-state index contributed by atoms with van der Waals surface area (Å²) in [5, 5.41) is 0. The second-order valence-corrected chi connectivity index (χ2v) is 6.29. The van der Waals surface area contributed by atoms with Crippen molar-refractivity contribution in [3.63, 3.8) is 0 Å². The molecule has 4 rings (SSSR count). The molecular formula is C16H22N2O. The van der Waals surface area contributed by atoms with E-state index in [-0.39, 0.29) is 0 Å². The lowest BCUT2D eigenvalue weighted by molar-refractivity contribution is 0.154. The summed E-state index contributed by atoms with van der Waals surface area (Å²) in [6.07, 6.45) is 1.29. The van der Waals surface area contributed by atoms with Crippen LogP contribution < -0.4 is 9.64 Å². The molecule has 0 bridgehead atoms. The third-order valence-corrected chi connectivity index (χ3v) is 5.05. The fraction of sp³-hybridized carbons (Fsp3) is 0.625. The standard InChI is InChI=1S/C16H22N2O/c1-11(2)17-7-6-14-13(10-17)12-4-3-5-15-16(12)18(14)8-9-19-15/h3-5,11,13-14H,6-10H2,1-2H3/t13-,14-/m0/s1. The van der Waals surface area contributed by atoms with Crippen LogP contribution in [0.2, 0.25) is 0 Å². The summed E-state index contributed by atoms with van der Waals surface area (Å²) in [6.45, 7) is 8.96. The number of fused-ring (bicyclic) bond motifs is 3. The summed E-state index contributed by atoms with van der Waals surface area (Å²) >= 11 is 0. The summed E-state index contributed by atoms with van der Waals surface area (Å²) in [6, 6.07) is 7.96. The van der Waals surface area contributed by atoms with Gasteiger partial charge in [0, 0.05) is 31.1 Å². The second kappa shape index (κ2) is 4.14. The van der Waals surface area contributed by atoms with Crippen LogP contribution in [-0.4, -0.2) is 43.2 Å². The maximum absolute atomic E-state index is 5.84. The van der Waals surface area contributed by atoms with Crippen molar-refractivity contribution in [2.75, 3.05) is 31.1 Å². The van der Waals surface area contributed by atoms with Crippen molar-refractivity contribution in [1.29, 1.82) is 0 Å². The molecule has 3 heteroatoms. The summed E-state index contributed by atoms with van der Waals surface area (Å²) in [7, 11) is 0. The van der Waals surface area contributed by atoms with Crippen LogP contribution in [0.5, 0.6) is 5.75 Å². The number of nitrogens with zero attached hydrogens (tertiary/aromatic N) is 2. The van der Waals surface area contributed by atoms with Gasteiger partial charge in [0.2, 0.25) is 0 Å². The van der Waals surface area contributed by atoms with Gasteiger partial charge in [-0.1, -0.05) is 12.1 Å². The van der Waals surface area contributed by atoms with Gasteiger partial charge in [0.25, 0.3) is 0 Å². The van der Waals surface area contributed by atoms with Crippen molar-refractivity contribution in [2.24, 2.45) is 0 Å². The number of para-hydroxylation sites is 1. The van der Waals surface area contributed by atoms with Gasteiger partial charge in [-0.05, 0) is 31.9 Å². The quantitative estimate of drug-likeness (QED) is 0.769. The number of piperidine rings is 1. The zero-order valence-corrected chi connectivity index (χ0v) is 11.8. The Balaban J connectivity index is 1.74. The third kappa shape index (κ3) is 1.61. The van der Waals surface area contributed by atoms with Crippen molar-refractivity contribution in [1.82, 2.24) is 4.90 Å². The Morgan fingerprint density at radius 2 is 2.16 bits per heavy atom. The first kappa shape index (κ1) is 11.6. The van der Waals surface area contributed by atoms with Gasteiger partial charge in [-0.3, -0.25) is 0 Å². The zero-order valence-electron chi connectivity index (χ0n) is 11.8. The van der Waals surface area contributed by atoms with E-state index in [0.717, 1.165) is 18.9 Å². The molecule has 1 saturated heterocycles. The molecule has 102 valence electrons. The van der Waals surface area contributed by atoms with Crippen molar-refractivity contribution in [3.8, 4) is 5.75 Å². The summed E-state index contributed by atoms with van der Waals surface area (Å²) in [4.78, 5) is 5.25. The summed E-state index contributed by atoms with van der Waals surface area (Å²) in [5.41, 5.74) is 2.92. The van der Waals surface area contributed by atoms with Crippen molar-refractivity contribution < 1.29 is 4.74 Å². The third-order valence-electron chi connectivity index (χ3n) is 5.05. The van der Waals surface area contributed by atoms with Crippen LogP contribution in [0.25, 0.3) is 0 Å². The lowest BCUT2D eigenvalue weighted by atomic mass is 9.88. The van der Waals surface area contributed by atoms with Crippen LogP contribution in [-0.2, 0) is 0 Å². The Morgan fingerprint density at radius 1 is 1.26 bits per heavy atom. The average molecular weight is 258 g/mol. The molecule has 3 aliphatic heterocycles. The van der Waals surface area contributed by atoms with Gasteiger partial charge in [0.05, 0.1) is 12.2 Å². The number of likely N-dealkylation sites (tertiary alicyclic amines) is 1. The highest BCUT2D eigenvalue weighted by molar-refractivity contribution is 5.71. The largest absolute Gasteiger partial charge is 0.490 e. The number of anilines is 1. The molecule has 1 aromatic rings. The van der Waals surface area contributed by atoms with Gasteiger partial charge in [-0.2, -0.15) is 0 Å². The molecule has 1 aromatic carbocycles. The number of ether oxygens (including phenoxy) is 1. The van der Waals surface area contributed by atoms with Crippen molar-refractivity contribution in [2.45, 2.75) is 38.3 Å². The Labute approximate surface area is 115 Å². The highest BCUT2D eigenvalue weighted by Gasteiger charge is 2.44. The monoisotopic (exact) mass is 258 g/mol. The van der Waals surface area contributed by atoms with Crippen LogP contribution in [0.4, 0.5) is 5.69 Å². The number of benzene rings is 1. The number of rotatable bonds is 1. The first-order chi connectivity index (χ1) is 9.25. The van der Waals surface area contributed by atoms with Gasteiger partial charge in [0.1, 0.15) is 12.4 Å². The highest BCUT2D eigenvalue weighted by atomic mass is 16.5. The molecule has 1 fully saturated rings. The van der Waals surface area contributed by atoms with Gasteiger partial charge in [0.15, 0.2) is 0 Å². The minimum atomic E-state index is 0.656. The van der Waals surface area contributed by atoms with E-state index in [1.807, 2.05) is 0 Å². The molecule has 0 saturated carbocycles. The Kier molecular flexibility index (Phi) is 2.52. The molecule has 0 aromatic heterocycles. The molecule has 0 unspecified atom stereocenters. The minimum absolute atomic E-state index is 0.656. The SMILES string of the molecule is CC(C)N1CC[C@H]2[C@@H](C1)c1cccc3c1N2CCO3. The minimum Gasteiger partial charge on any atom is -0.490 e. The molecule has 0 spiro atoms. The van der Waals surface area contributed by atoms with E-state index in [2.05, 4.69) is 41.8 Å².